The maximum absolute atomic E-state index is 13.3. The zero-order valence-corrected chi connectivity index (χ0v) is 7.04. The fourth-order valence-corrected chi connectivity index (χ4v) is 1.01. The van der Waals surface area contributed by atoms with E-state index in [-0.39, 0.29) is 23.5 Å². The van der Waals surface area contributed by atoms with Gasteiger partial charge in [0, 0.05) is 0 Å². The lowest BCUT2D eigenvalue weighted by Crippen LogP contribution is -1.97. The van der Waals surface area contributed by atoms with Gasteiger partial charge in [0.05, 0.1) is 19.3 Å². The van der Waals surface area contributed by atoms with E-state index in [9.17, 15) is 4.39 Å². The average molecular weight is 181 g/mol. The third-order valence-electron chi connectivity index (χ3n) is 1.69. The Kier molecular flexibility index (Phi) is 2.83. The van der Waals surface area contributed by atoms with Crippen molar-refractivity contribution < 1.29 is 14.2 Å². The smallest absolute Gasteiger partial charge is 0.183 e. The van der Waals surface area contributed by atoms with Gasteiger partial charge in [0.2, 0.25) is 0 Å². The summed E-state index contributed by atoms with van der Waals surface area (Å²) in [5.74, 6) is -0.717. The summed E-state index contributed by atoms with van der Waals surface area (Å²) in [5, 5.41) is 17.4. The van der Waals surface area contributed by atoms with Gasteiger partial charge in [-0.1, -0.05) is 6.07 Å². The van der Waals surface area contributed by atoms with Gasteiger partial charge in [0.25, 0.3) is 0 Å². The zero-order chi connectivity index (χ0) is 9.84. The molecular weight excluding hydrogens is 173 g/mol. The molecule has 0 aromatic heterocycles. The van der Waals surface area contributed by atoms with E-state index >= 15 is 0 Å². The second-order valence-corrected chi connectivity index (χ2v) is 2.39. The van der Waals surface area contributed by atoms with E-state index in [0.29, 0.717) is 0 Å². The van der Waals surface area contributed by atoms with Gasteiger partial charge in [-0.15, -0.1) is 0 Å². The van der Waals surface area contributed by atoms with Crippen LogP contribution in [0.2, 0.25) is 0 Å². The number of nitriles is 1. The van der Waals surface area contributed by atoms with Crippen LogP contribution in [0.15, 0.2) is 12.1 Å². The molecule has 0 spiro atoms. The predicted molar refractivity (Wildman–Crippen MR) is 43.6 cm³/mol. The highest BCUT2D eigenvalue weighted by Crippen LogP contribution is 2.22. The molecule has 0 aliphatic carbocycles. The number of methoxy groups -OCH3 is 1. The van der Waals surface area contributed by atoms with Gasteiger partial charge in [-0.3, -0.25) is 0 Å². The average Bonchev–Trinajstić information content (AvgIpc) is 2.17. The van der Waals surface area contributed by atoms with E-state index in [1.165, 1.54) is 19.2 Å². The van der Waals surface area contributed by atoms with Crippen LogP contribution in [-0.4, -0.2) is 12.2 Å². The van der Waals surface area contributed by atoms with Crippen molar-refractivity contribution >= 4 is 0 Å². The monoisotopic (exact) mass is 181 g/mol. The topological polar surface area (TPSA) is 53.2 Å². The Hall–Kier alpha value is -1.60. The second kappa shape index (κ2) is 3.87. The number of aliphatic hydroxyl groups excluding tert-OH is 1. The molecule has 4 heteroatoms. The summed E-state index contributed by atoms with van der Waals surface area (Å²) >= 11 is 0. The second-order valence-electron chi connectivity index (χ2n) is 2.39. The number of aliphatic hydroxyl groups is 1. The van der Waals surface area contributed by atoms with Crippen molar-refractivity contribution in [3.63, 3.8) is 0 Å². The fraction of sp³-hybridized carbons (Fsp3) is 0.222. The first-order chi connectivity index (χ1) is 6.24. The van der Waals surface area contributed by atoms with Gasteiger partial charge in [-0.2, -0.15) is 5.26 Å². The minimum absolute atomic E-state index is 0.00810. The third kappa shape index (κ3) is 1.60. The highest BCUT2D eigenvalue weighted by molar-refractivity contribution is 5.44. The Bertz CT molecular complexity index is 357. The minimum atomic E-state index is -0.725. The van der Waals surface area contributed by atoms with E-state index in [1.807, 2.05) is 0 Å². The van der Waals surface area contributed by atoms with Crippen molar-refractivity contribution in [2.24, 2.45) is 0 Å². The molecule has 0 fully saturated rings. The highest BCUT2D eigenvalue weighted by Gasteiger charge is 2.12. The van der Waals surface area contributed by atoms with Crippen molar-refractivity contribution in [1.82, 2.24) is 0 Å². The molecule has 1 aromatic rings. The molecule has 0 saturated heterocycles. The Morgan fingerprint density at radius 1 is 1.62 bits per heavy atom. The predicted octanol–water partition coefficient (Wildman–Crippen LogP) is 1.20. The summed E-state index contributed by atoms with van der Waals surface area (Å²) in [6.45, 7) is -0.357. The Morgan fingerprint density at radius 3 is 2.77 bits per heavy atom. The molecule has 0 radical (unpaired) electrons. The molecule has 0 bridgehead atoms. The maximum Gasteiger partial charge on any atom is 0.183 e. The summed E-state index contributed by atoms with van der Waals surface area (Å²) in [6, 6.07) is 4.51. The Balaban J connectivity index is 3.34. The number of hydrogen-bond acceptors (Lipinski definition) is 3. The van der Waals surface area contributed by atoms with Crippen LogP contribution < -0.4 is 4.74 Å². The zero-order valence-electron chi connectivity index (χ0n) is 7.04. The number of ether oxygens (including phenoxy) is 1. The van der Waals surface area contributed by atoms with Crippen LogP contribution in [0.4, 0.5) is 4.39 Å². The minimum Gasteiger partial charge on any atom is -0.494 e. The van der Waals surface area contributed by atoms with Crippen molar-refractivity contribution in [1.29, 1.82) is 5.26 Å². The molecule has 0 atom stereocenters. The van der Waals surface area contributed by atoms with Crippen LogP contribution in [-0.2, 0) is 6.61 Å². The number of halogens is 1. The molecule has 0 saturated carbocycles. The van der Waals surface area contributed by atoms with Gasteiger partial charge in [0.1, 0.15) is 6.07 Å². The molecule has 1 N–H and O–H groups in total. The van der Waals surface area contributed by atoms with E-state index in [4.69, 9.17) is 10.4 Å². The number of benzene rings is 1. The van der Waals surface area contributed by atoms with Crippen molar-refractivity contribution in [3.8, 4) is 11.8 Å². The van der Waals surface area contributed by atoms with Crippen molar-refractivity contribution in [2.45, 2.75) is 6.61 Å². The summed E-state index contributed by atoms with van der Waals surface area (Å²) in [4.78, 5) is 0. The van der Waals surface area contributed by atoms with Crippen LogP contribution in [0.5, 0.6) is 5.75 Å². The summed E-state index contributed by atoms with van der Waals surface area (Å²) in [5.41, 5.74) is 0.0997. The lowest BCUT2D eigenvalue weighted by Gasteiger charge is -2.05. The van der Waals surface area contributed by atoms with Crippen LogP contribution in [0.1, 0.15) is 11.1 Å². The molecule has 13 heavy (non-hydrogen) atoms. The molecule has 68 valence electrons. The van der Waals surface area contributed by atoms with E-state index in [0.717, 1.165) is 0 Å². The van der Waals surface area contributed by atoms with Crippen LogP contribution in [0.3, 0.4) is 0 Å². The van der Waals surface area contributed by atoms with E-state index < -0.39 is 5.82 Å². The molecular formula is C9H8FNO2. The van der Waals surface area contributed by atoms with Gasteiger partial charge in [0.15, 0.2) is 11.6 Å². The van der Waals surface area contributed by atoms with Gasteiger partial charge >= 0.3 is 0 Å². The molecule has 3 nitrogen and oxygen atoms in total. The molecule has 0 aliphatic heterocycles. The summed E-state index contributed by atoms with van der Waals surface area (Å²) in [7, 11) is 1.32. The van der Waals surface area contributed by atoms with Crippen LogP contribution >= 0.6 is 0 Å². The molecule has 0 unspecified atom stereocenters. The van der Waals surface area contributed by atoms with E-state index in [2.05, 4.69) is 4.74 Å². The van der Waals surface area contributed by atoms with Crippen LogP contribution in [0, 0.1) is 17.1 Å². The molecule has 1 rings (SSSR count). The summed E-state index contributed by atoms with van der Waals surface area (Å²) < 4.78 is 17.9. The highest BCUT2D eigenvalue weighted by atomic mass is 19.1. The third-order valence-corrected chi connectivity index (χ3v) is 1.69. The molecule has 0 heterocycles. The molecule has 0 amide bonds. The SMILES string of the molecule is COc1ccc(CO)c(C#N)c1F. The maximum atomic E-state index is 13.3. The van der Waals surface area contributed by atoms with Gasteiger partial charge < -0.3 is 9.84 Å². The largest absolute Gasteiger partial charge is 0.494 e. The van der Waals surface area contributed by atoms with Crippen molar-refractivity contribution in [3.05, 3.63) is 29.1 Å². The normalized spacial score (nSPS) is 9.38. The Labute approximate surface area is 75.0 Å². The van der Waals surface area contributed by atoms with E-state index in [1.54, 1.807) is 6.07 Å². The number of hydrogen-bond donors (Lipinski definition) is 1. The number of nitrogens with zero attached hydrogens (tertiary/aromatic N) is 1. The molecule has 1 aromatic carbocycles. The van der Waals surface area contributed by atoms with Gasteiger partial charge in [-0.25, -0.2) is 4.39 Å². The standard InChI is InChI=1S/C9H8FNO2/c1-13-8-3-2-6(5-12)7(4-11)9(8)10/h2-3,12H,5H2,1H3. The first-order valence-electron chi connectivity index (χ1n) is 3.61. The lowest BCUT2D eigenvalue weighted by atomic mass is 10.1. The lowest BCUT2D eigenvalue weighted by molar-refractivity contribution is 0.280. The molecule has 0 aliphatic rings. The quantitative estimate of drug-likeness (QED) is 0.745. The Morgan fingerprint density at radius 2 is 2.31 bits per heavy atom. The summed E-state index contributed by atoms with van der Waals surface area (Å²) in [6.07, 6.45) is 0. The van der Waals surface area contributed by atoms with Crippen molar-refractivity contribution in [2.75, 3.05) is 7.11 Å². The van der Waals surface area contributed by atoms with Gasteiger partial charge in [-0.05, 0) is 11.6 Å². The van der Waals surface area contributed by atoms with Crippen LogP contribution in [0.25, 0.3) is 0 Å². The number of rotatable bonds is 2. The first kappa shape index (κ1) is 9.49. The fourth-order valence-electron chi connectivity index (χ4n) is 1.01. The first-order valence-corrected chi connectivity index (χ1v) is 3.61.